The molecule has 2 aromatic heterocycles. The van der Waals surface area contributed by atoms with E-state index in [-0.39, 0.29) is 5.52 Å². The van der Waals surface area contributed by atoms with Crippen molar-refractivity contribution in [1.82, 2.24) is 9.55 Å². The fourth-order valence-electron chi connectivity index (χ4n) is 3.14. The van der Waals surface area contributed by atoms with Crippen LogP contribution in [0.1, 0.15) is 18.1 Å². The summed E-state index contributed by atoms with van der Waals surface area (Å²) in [7, 11) is 1.89. The smallest absolute Gasteiger partial charge is 0.158 e. The molecular formula is C16H15F2N5. The monoisotopic (exact) mass is 315 g/mol. The molecule has 3 aromatic rings. The zero-order valence-corrected chi connectivity index (χ0v) is 12.6. The number of benzene rings is 1. The van der Waals surface area contributed by atoms with Gasteiger partial charge in [-0.05, 0) is 19.1 Å². The SMILES string of the molecule is Cn1ccc2c1NC(C)(c1c[nH]c3c(F)cc(F)cc13)N=C2N. The van der Waals surface area contributed by atoms with Crippen molar-refractivity contribution in [1.29, 1.82) is 0 Å². The summed E-state index contributed by atoms with van der Waals surface area (Å²) >= 11 is 0. The van der Waals surface area contributed by atoms with E-state index in [1.807, 2.05) is 30.8 Å². The van der Waals surface area contributed by atoms with Gasteiger partial charge in [0.25, 0.3) is 0 Å². The van der Waals surface area contributed by atoms with Crippen LogP contribution in [-0.2, 0) is 12.7 Å². The second kappa shape index (κ2) is 4.34. The van der Waals surface area contributed by atoms with Gasteiger partial charge in [0.2, 0.25) is 0 Å². The van der Waals surface area contributed by atoms with Gasteiger partial charge < -0.3 is 20.6 Å². The number of aryl methyl sites for hydroxylation is 1. The molecule has 4 rings (SSSR count). The Morgan fingerprint density at radius 2 is 2.09 bits per heavy atom. The molecule has 1 unspecified atom stereocenters. The molecule has 0 saturated heterocycles. The van der Waals surface area contributed by atoms with Crippen LogP contribution in [0.25, 0.3) is 10.9 Å². The Labute approximate surface area is 130 Å². The van der Waals surface area contributed by atoms with Gasteiger partial charge in [0.15, 0.2) is 5.66 Å². The summed E-state index contributed by atoms with van der Waals surface area (Å²) in [6, 6.07) is 4.02. The second-order valence-corrected chi connectivity index (χ2v) is 5.90. The lowest BCUT2D eigenvalue weighted by Gasteiger charge is -2.32. The highest BCUT2D eigenvalue weighted by atomic mass is 19.1. The van der Waals surface area contributed by atoms with Crippen molar-refractivity contribution in [3.63, 3.8) is 0 Å². The third kappa shape index (κ3) is 1.86. The number of amidine groups is 1. The van der Waals surface area contributed by atoms with E-state index in [0.29, 0.717) is 16.8 Å². The van der Waals surface area contributed by atoms with Gasteiger partial charge >= 0.3 is 0 Å². The van der Waals surface area contributed by atoms with Crippen molar-refractivity contribution >= 4 is 22.6 Å². The average Bonchev–Trinajstić information content (AvgIpc) is 3.04. The van der Waals surface area contributed by atoms with E-state index in [1.54, 1.807) is 6.20 Å². The maximum atomic E-state index is 13.9. The second-order valence-electron chi connectivity index (χ2n) is 5.90. The van der Waals surface area contributed by atoms with E-state index in [0.717, 1.165) is 17.4 Å². The van der Waals surface area contributed by atoms with E-state index in [4.69, 9.17) is 5.73 Å². The third-order valence-corrected chi connectivity index (χ3v) is 4.28. The molecule has 0 bridgehead atoms. The van der Waals surface area contributed by atoms with Crippen molar-refractivity contribution in [3.05, 3.63) is 53.4 Å². The number of hydrogen-bond donors (Lipinski definition) is 3. The van der Waals surface area contributed by atoms with Gasteiger partial charge in [-0.1, -0.05) is 0 Å². The van der Waals surface area contributed by atoms with Gasteiger partial charge in [-0.2, -0.15) is 0 Å². The summed E-state index contributed by atoms with van der Waals surface area (Å²) in [4.78, 5) is 7.38. The van der Waals surface area contributed by atoms with Gasteiger partial charge in [0.1, 0.15) is 23.3 Å². The van der Waals surface area contributed by atoms with Gasteiger partial charge in [-0.15, -0.1) is 0 Å². The number of fused-ring (bicyclic) bond motifs is 2. The molecule has 118 valence electrons. The number of halogens is 2. The molecule has 1 atom stereocenters. The molecule has 7 heteroatoms. The molecule has 0 amide bonds. The molecule has 23 heavy (non-hydrogen) atoms. The fourth-order valence-corrected chi connectivity index (χ4v) is 3.14. The summed E-state index contributed by atoms with van der Waals surface area (Å²) in [5.41, 5.74) is 6.83. The van der Waals surface area contributed by atoms with E-state index in [2.05, 4.69) is 15.3 Å². The first-order valence-corrected chi connectivity index (χ1v) is 7.15. The van der Waals surface area contributed by atoms with E-state index >= 15 is 0 Å². The van der Waals surface area contributed by atoms with Crippen molar-refractivity contribution < 1.29 is 8.78 Å². The molecule has 0 aliphatic carbocycles. The van der Waals surface area contributed by atoms with Crippen LogP contribution < -0.4 is 11.1 Å². The lowest BCUT2D eigenvalue weighted by molar-refractivity contribution is 0.566. The number of nitrogens with two attached hydrogens (primary N) is 1. The minimum Gasteiger partial charge on any atom is -0.383 e. The van der Waals surface area contributed by atoms with E-state index < -0.39 is 17.3 Å². The quantitative estimate of drug-likeness (QED) is 0.646. The summed E-state index contributed by atoms with van der Waals surface area (Å²) in [5, 5.41) is 3.75. The Morgan fingerprint density at radius 1 is 1.30 bits per heavy atom. The molecule has 0 spiro atoms. The molecule has 1 aliphatic rings. The summed E-state index contributed by atoms with van der Waals surface area (Å²) in [5.74, 6) is -0.0757. The number of nitrogens with zero attached hydrogens (tertiary/aromatic N) is 2. The standard InChI is InChI=1S/C16H15F2N5/c1-16(21-14(19)9-3-4-23(2)15(9)22-16)11-7-20-13-10(11)5-8(17)6-12(13)18/h3-7,20,22H,1-2H3,(H2,19,21). The molecule has 1 aromatic carbocycles. The fraction of sp³-hybridized carbons (Fsp3) is 0.188. The van der Waals surface area contributed by atoms with Crippen LogP contribution >= 0.6 is 0 Å². The summed E-state index contributed by atoms with van der Waals surface area (Å²) < 4.78 is 29.5. The first-order valence-electron chi connectivity index (χ1n) is 7.15. The molecule has 0 saturated carbocycles. The third-order valence-electron chi connectivity index (χ3n) is 4.28. The topological polar surface area (TPSA) is 71.1 Å². The lowest BCUT2D eigenvalue weighted by atomic mass is 9.98. The lowest BCUT2D eigenvalue weighted by Crippen LogP contribution is -2.38. The van der Waals surface area contributed by atoms with Crippen molar-refractivity contribution in [2.24, 2.45) is 17.8 Å². The van der Waals surface area contributed by atoms with Gasteiger partial charge in [-0.3, -0.25) is 0 Å². The highest BCUT2D eigenvalue weighted by Crippen LogP contribution is 2.38. The minimum absolute atomic E-state index is 0.246. The minimum atomic E-state index is -0.929. The Hall–Kier alpha value is -2.83. The highest BCUT2D eigenvalue weighted by Gasteiger charge is 2.35. The summed E-state index contributed by atoms with van der Waals surface area (Å²) in [6.07, 6.45) is 3.51. The number of aromatic nitrogens is 2. The predicted molar refractivity (Wildman–Crippen MR) is 85.3 cm³/mol. The van der Waals surface area contributed by atoms with Crippen LogP contribution in [0.5, 0.6) is 0 Å². The molecule has 4 N–H and O–H groups in total. The molecule has 3 heterocycles. The number of aliphatic imine (C=N–C) groups is 1. The van der Waals surface area contributed by atoms with Gasteiger partial charge in [-0.25, -0.2) is 13.8 Å². The van der Waals surface area contributed by atoms with Crippen LogP contribution in [0.4, 0.5) is 14.6 Å². The Kier molecular flexibility index (Phi) is 2.61. The Bertz CT molecular complexity index is 968. The number of rotatable bonds is 1. The molecule has 1 aliphatic heterocycles. The zero-order valence-electron chi connectivity index (χ0n) is 12.6. The molecule has 5 nitrogen and oxygen atoms in total. The van der Waals surface area contributed by atoms with E-state index in [9.17, 15) is 8.78 Å². The number of H-pyrrole nitrogens is 1. The van der Waals surface area contributed by atoms with Crippen LogP contribution in [0.15, 0.2) is 35.6 Å². The van der Waals surface area contributed by atoms with Crippen LogP contribution in [0.3, 0.4) is 0 Å². The summed E-state index contributed by atoms with van der Waals surface area (Å²) in [6.45, 7) is 1.82. The predicted octanol–water partition coefficient (Wildman–Crippen LogP) is 2.79. The first-order chi connectivity index (χ1) is 10.9. The maximum Gasteiger partial charge on any atom is 0.158 e. The molecular weight excluding hydrogens is 300 g/mol. The average molecular weight is 315 g/mol. The number of anilines is 1. The van der Waals surface area contributed by atoms with Crippen LogP contribution in [0, 0.1) is 11.6 Å². The maximum absolute atomic E-state index is 13.9. The van der Waals surface area contributed by atoms with E-state index in [1.165, 1.54) is 6.07 Å². The van der Waals surface area contributed by atoms with Crippen molar-refractivity contribution in [3.8, 4) is 0 Å². The van der Waals surface area contributed by atoms with Crippen molar-refractivity contribution in [2.75, 3.05) is 5.32 Å². The van der Waals surface area contributed by atoms with Gasteiger partial charge in [0, 0.05) is 36.5 Å². The van der Waals surface area contributed by atoms with Crippen molar-refractivity contribution in [2.45, 2.75) is 12.6 Å². The molecule has 0 radical (unpaired) electrons. The normalized spacial score (nSPS) is 20.3. The number of nitrogens with one attached hydrogen (secondary N) is 2. The number of aromatic amines is 1. The Balaban J connectivity index is 1.94. The highest BCUT2D eigenvalue weighted by molar-refractivity contribution is 6.04. The van der Waals surface area contributed by atoms with Crippen LogP contribution in [-0.4, -0.2) is 15.4 Å². The van der Waals surface area contributed by atoms with Crippen LogP contribution in [0.2, 0.25) is 0 Å². The molecule has 0 fully saturated rings. The van der Waals surface area contributed by atoms with Gasteiger partial charge in [0.05, 0.1) is 11.1 Å². The zero-order chi connectivity index (χ0) is 16.4. The largest absolute Gasteiger partial charge is 0.383 e. The number of hydrogen-bond acceptors (Lipinski definition) is 3. The first kappa shape index (κ1) is 13.8. The Morgan fingerprint density at radius 3 is 2.87 bits per heavy atom.